The first kappa shape index (κ1) is 21.4. The van der Waals surface area contributed by atoms with E-state index in [0.717, 1.165) is 48.1 Å². The number of carbonyl (C=O) groups excluding carboxylic acids is 1. The standard InChI is InChI=1S/C26H28ClN3O/c1-19-8-7-11-21(16-19)26(17-20-9-3-2-4-10-20,24-15-14-22(27)18-28-24)30-25(31)29-23-12-5-6-13-23/h2-4,7-11,14-16,18,23H,5-6,12-13,17H2,1H3,(H2,29,30,31). The number of hydrogen-bond donors (Lipinski definition) is 2. The summed E-state index contributed by atoms with van der Waals surface area (Å²) in [6, 6.07) is 22.3. The summed E-state index contributed by atoms with van der Waals surface area (Å²) in [6.07, 6.45) is 6.60. The molecular weight excluding hydrogens is 406 g/mol. The van der Waals surface area contributed by atoms with Crippen LogP contribution < -0.4 is 10.6 Å². The Kier molecular flexibility index (Phi) is 6.57. The molecule has 31 heavy (non-hydrogen) atoms. The van der Waals surface area contributed by atoms with Crippen molar-refractivity contribution in [3.8, 4) is 0 Å². The summed E-state index contributed by atoms with van der Waals surface area (Å²) in [5, 5.41) is 7.08. The van der Waals surface area contributed by atoms with Gasteiger partial charge in [-0.25, -0.2) is 4.79 Å². The number of pyridine rings is 1. The van der Waals surface area contributed by atoms with Crippen molar-refractivity contribution in [2.45, 2.75) is 50.6 Å². The second kappa shape index (κ2) is 9.52. The van der Waals surface area contributed by atoms with Crippen molar-refractivity contribution in [3.05, 3.63) is 100 Å². The largest absolute Gasteiger partial charge is 0.335 e. The van der Waals surface area contributed by atoms with E-state index >= 15 is 0 Å². The minimum atomic E-state index is -0.833. The number of urea groups is 1. The van der Waals surface area contributed by atoms with E-state index in [2.05, 4.69) is 52.9 Å². The van der Waals surface area contributed by atoms with Crippen LogP contribution in [0.3, 0.4) is 0 Å². The first-order chi connectivity index (χ1) is 15.0. The lowest BCUT2D eigenvalue weighted by Crippen LogP contribution is -2.54. The first-order valence-corrected chi connectivity index (χ1v) is 11.2. The molecule has 3 aromatic rings. The summed E-state index contributed by atoms with van der Waals surface area (Å²) in [7, 11) is 0. The fraction of sp³-hybridized carbons (Fsp3) is 0.308. The Bertz CT molecular complexity index is 1020. The van der Waals surface area contributed by atoms with Crippen LogP contribution in [0, 0.1) is 6.92 Å². The highest BCUT2D eigenvalue weighted by Gasteiger charge is 2.38. The van der Waals surface area contributed by atoms with Crippen LogP contribution in [0.5, 0.6) is 0 Å². The molecule has 5 heteroatoms. The quantitative estimate of drug-likeness (QED) is 0.518. The molecule has 0 bridgehead atoms. The molecule has 4 nitrogen and oxygen atoms in total. The number of aryl methyl sites for hydroxylation is 1. The monoisotopic (exact) mass is 433 g/mol. The highest BCUT2D eigenvalue weighted by atomic mass is 35.5. The van der Waals surface area contributed by atoms with Gasteiger partial charge in [0.05, 0.1) is 10.7 Å². The Morgan fingerprint density at radius 3 is 2.52 bits per heavy atom. The van der Waals surface area contributed by atoms with Crippen LogP contribution >= 0.6 is 11.6 Å². The van der Waals surface area contributed by atoms with E-state index in [-0.39, 0.29) is 12.1 Å². The number of nitrogens with one attached hydrogen (secondary N) is 2. The number of amides is 2. The molecule has 1 fully saturated rings. The molecule has 2 N–H and O–H groups in total. The van der Waals surface area contributed by atoms with Gasteiger partial charge in [-0.3, -0.25) is 4.98 Å². The van der Waals surface area contributed by atoms with Gasteiger partial charge in [-0.1, -0.05) is 84.6 Å². The number of nitrogens with zero attached hydrogens (tertiary/aromatic N) is 1. The number of aromatic nitrogens is 1. The molecule has 2 aromatic carbocycles. The normalized spacial score (nSPS) is 15.9. The van der Waals surface area contributed by atoms with Gasteiger partial charge in [0.25, 0.3) is 0 Å². The van der Waals surface area contributed by atoms with Crippen molar-refractivity contribution < 1.29 is 4.79 Å². The smallest absolute Gasteiger partial charge is 0.316 e. The molecule has 1 saturated carbocycles. The predicted molar refractivity (Wildman–Crippen MR) is 125 cm³/mol. The molecule has 1 unspecified atom stereocenters. The van der Waals surface area contributed by atoms with Crippen molar-refractivity contribution >= 4 is 17.6 Å². The molecular formula is C26H28ClN3O. The molecule has 4 rings (SSSR count). The van der Waals surface area contributed by atoms with Gasteiger partial charge in [0.2, 0.25) is 0 Å². The van der Waals surface area contributed by atoms with E-state index in [4.69, 9.17) is 11.6 Å². The zero-order valence-corrected chi connectivity index (χ0v) is 18.5. The van der Waals surface area contributed by atoms with Crippen LogP contribution in [0.25, 0.3) is 0 Å². The predicted octanol–water partition coefficient (Wildman–Crippen LogP) is 5.77. The molecule has 0 radical (unpaired) electrons. The van der Waals surface area contributed by atoms with Gasteiger partial charge < -0.3 is 10.6 Å². The maximum Gasteiger partial charge on any atom is 0.316 e. The second-order valence-corrected chi connectivity index (χ2v) is 8.82. The number of rotatable bonds is 6. The van der Waals surface area contributed by atoms with Gasteiger partial charge in [0, 0.05) is 18.7 Å². The second-order valence-electron chi connectivity index (χ2n) is 8.38. The van der Waals surface area contributed by atoms with Gasteiger partial charge in [0.15, 0.2) is 0 Å². The summed E-state index contributed by atoms with van der Waals surface area (Å²) in [5.41, 5.74) is 3.16. The van der Waals surface area contributed by atoms with Crippen molar-refractivity contribution in [2.24, 2.45) is 0 Å². The highest BCUT2D eigenvalue weighted by molar-refractivity contribution is 6.30. The minimum Gasteiger partial charge on any atom is -0.335 e. The summed E-state index contributed by atoms with van der Waals surface area (Å²) in [4.78, 5) is 17.9. The van der Waals surface area contributed by atoms with E-state index in [1.54, 1.807) is 6.20 Å². The van der Waals surface area contributed by atoms with Crippen molar-refractivity contribution in [1.29, 1.82) is 0 Å². The third-order valence-electron chi connectivity index (χ3n) is 6.00. The third-order valence-corrected chi connectivity index (χ3v) is 6.23. The topological polar surface area (TPSA) is 54.0 Å². The number of halogens is 1. The average molecular weight is 434 g/mol. The maximum atomic E-state index is 13.2. The van der Waals surface area contributed by atoms with Crippen LogP contribution in [0.2, 0.25) is 5.02 Å². The summed E-state index contributed by atoms with van der Waals surface area (Å²) < 4.78 is 0. The Morgan fingerprint density at radius 1 is 1.06 bits per heavy atom. The van der Waals surface area contributed by atoms with E-state index in [1.807, 2.05) is 36.4 Å². The van der Waals surface area contributed by atoms with Crippen LogP contribution in [0.15, 0.2) is 72.9 Å². The summed E-state index contributed by atoms with van der Waals surface area (Å²) in [6.45, 7) is 2.06. The van der Waals surface area contributed by atoms with Crippen LogP contribution in [-0.4, -0.2) is 17.1 Å². The van der Waals surface area contributed by atoms with E-state index in [0.29, 0.717) is 11.4 Å². The van der Waals surface area contributed by atoms with E-state index in [9.17, 15) is 4.79 Å². The lowest BCUT2D eigenvalue weighted by Gasteiger charge is -2.36. The molecule has 160 valence electrons. The Hall–Kier alpha value is -2.85. The van der Waals surface area contributed by atoms with Gasteiger partial charge >= 0.3 is 6.03 Å². The molecule has 0 spiro atoms. The number of benzene rings is 2. The van der Waals surface area contributed by atoms with Gasteiger partial charge in [0.1, 0.15) is 5.54 Å². The maximum absolute atomic E-state index is 13.2. The van der Waals surface area contributed by atoms with Gasteiger partial charge in [-0.15, -0.1) is 0 Å². The minimum absolute atomic E-state index is 0.166. The first-order valence-electron chi connectivity index (χ1n) is 10.9. The number of carbonyl (C=O) groups is 1. The van der Waals surface area contributed by atoms with E-state index in [1.165, 1.54) is 0 Å². The van der Waals surface area contributed by atoms with Crippen molar-refractivity contribution in [1.82, 2.24) is 15.6 Å². The average Bonchev–Trinajstić information content (AvgIpc) is 3.27. The fourth-order valence-corrected chi connectivity index (χ4v) is 4.56. The SMILES string of the molecule is Cc1cccc(C(Cc2ccccc2)(NC(=O)NC2CCCC2)c2ccc(Cl)cn2)c1. The molecule has 1 aliphatic rings. The molecule has 0 aliphatic heterocycles. The van der Waals surface area contributed by atoms with Gasteiger partial charge in [-0.05, 0) is 43.0 Å². The van der Waals surface area contributed by atoms with Crippen molar-refractivity contribution in [3.63, 3.8) is 0 Å². The molecule has 1 heterocycles. The number of hydrogen-bond acceptors (Lipinski definition) is 2. The van der Waals surface area contributed by atoms with E-state index < -0.39 is 5.54 Å². The van der Waals surface area contributed by atoms with Gasteiger partial charge in [-0.2, -0.15) is 0 Å². The summed E-state index contributed by atoms with van der Waals surface area (Å²) in [5.74, 6) is 0. The van der Waals surface area contributed by atoms with Crippen LogP contribution in [0.1, 0.15) is 48.1 Å². The summed E-state index contributed by atoms with van der Waals surface area (Å²) >= 11 is 6.15. The molecule has 1 atom stereocenters. The Morgan fingerprint density at radius 2 is 1.84 bits per heavy atom. The Labute approximate surface area is 189 Å². The molecule has 2 amide bonds. The lowest BCUT2D eigenvalue weighted by atomic mass is 9.80. The molecule has 0 saturated heterocycles. The lowest BCUT2D eigenvalue weighted by molar-refractivity contribution is 0.225. The zero-order valence-electron chi connectivity index (χ0n) is 17.8. The Balaban J connectivity index is 1.80. The van der Waals surface area contributed by atoms with Crippen molar-refractivity contribution in [2.75, 3.05) is 0 Å². The third kappa shape index (κ3) is 5.08. The highest BCUT2D eigenvalue weighted by Crippen LogP contribution is 2.33. The van der Waals surface area contributed by atoms with Crippen LogP contribution in [0.4, 0.5) is 4.79 Å². The fourth-order valence-electron chi connectivity index (χ4n) is 4.45. The van der Waals surface area contributed by atoms with Crippen LogP contribution in [-0.2, 0) is 12.0 Å². The zero-order chi connectivity index (χ0) is 21.7. The molecule has 1 aliphatic carbocycles. The molecule has 1 aromatic heterocycles.